The van der Waals surface area contributed by atoms with Crippen LogP contribution in [-0.2, 0) is 28.7 Å². The molecule has 7 atom stereocenters. The Hall–Kier alpha value is -2.55. The number of hydrogen-bond donors (Lipinski definition) is 2. The Bertz CT molecular complexity index is 1110. The maximum absolute atomic E-state index is 13.4. The van der Waals surface area contributed by atoms with Crippen molar-refractivity contribution < 1.29 is 38.9 Å². The number of fused-ring (bicyclic) bond motifs is 5. The number of carboxylic acids is 1. The number of carbonyl (C=O) groups excluding carboxylic acids is 4. The van der Waals surface area contributed by atoms with E-state index in [4.69, 9.17) is 4.74 Å². The molecule has 2 N–H and O–H groups in total. The summed E-state index contributed by atoms with van der Waals surface area (Å²) in [5.41, 5.74) is -0.878. The molecular weight excluding hydrogens is 502 g/mol. The number of carbonyl (C=O) groups is 5. The van der Waals surface area contributed by atoms with E-state index in [-0.39, 0.29) is 30.0 Å². The minimum Gasteiger partial charge on any atom is -0.480 e. The van der Waals surface area contributed by atoms with Crippen molar-refractivity contribution in [3.63, 3.8) is 0 Å². The van der Waals surface area contributed by atoms with Crippen molar-refractivity contribution in [2.45, 2.75) is 103 Å². The number of allylic oxidation sites excluding steroid dienone is 1. The van der Waals surface area contributed by atoms with Crippen LogP contribution in [0.3, 0.4) is 0 Å². The first-order valence-electron chi connectivity index (χ1n) is 14.6. The van der Waals surface area contributed by atoms with Crippen LogP contribution in [0.5, 0.6) is 0 Å². The molecule has 9 nitrogen and oxygen atoms in total. The SMILES string of the molecule is C[C@]12CCC(=O)C=C1CC[C@@H]1[C@H]2CC[C@@]2(C)[C@@H]1CC[C@]2(O)C(=O)COC(=O)CCC(=O)N1CCC[C@@H]1C(=O)O. The highest BCUT2D eigenvalue weighted by molar-refractivity contribution is 5.92. The lowest BCUT2D eigenvalue weighted by atomic mass is 9.46. The van der Waals surface area contributed by atoms with Crippen molar-refractivity contribution in [3.8, 4) is 0 Å². The van der Waals surface area contributed by atoms with Crippen LogP contribution in [0.1, 0.15) is 90.9 Å². The summed E-state index contributed by atoms with van der Waals surface area (Å²) < 4.78 is 5.22. The van der Waals surface area contributed by atoms with Gasteiger partial charge in [-0.15, -0.1) is 0 Å². The molecule has 1 heterocycles. The van der Waals surface area contributed by atoms with Crippen LogP contribution in [0.4, 0.5) is 0 Å². The molecule has 214 valence electrons. The van der Waals surface area contributed by atoms with E-state index in [0.717, 1.165) is 32.1 Å². The van der Waals surface area contributed by atoms with Gasteiger partial charge in [-0.25, -0.2) is 4.79 Å². The van der Waals surface area contributed by atoms with Gasteiger partial charge in [0.15, 0.2) is 12.4 Å². The number of hydrogen-bond acceptors (Lipinski definition) is 7. The van der Waals surface area contributed by atoms with E-state index in [1.807, 2.05) is 13.0 Å². The van der Waals surface area contributed by atoms with E-state index in [2.05, 4.69) is 6.92 Å². The fraction of sp³-hybridized carbons (Fsp3) is 0.767. The summed E-state index contributed by atoms with van der Waals surface area (Å²) in [5, 5.41) is 21.0. The second-order valence-corrected chi connectivity index (χ2v) is 13.0. The van der Waals surface area contributed by atoms with Gasteiger partial charge in [0, 0.05) is 24.8 Å². The quantitative estimate of drug-likeness (QED) is 0.467. The lowest BCUT2D eigenvalue weighted by Gasteiger charge is -2.58. The van der Waals surface area contributed by atoms with Gasteiger partial charge >= 0.3 is 11.9 Å². The number of Topliss-reactive ketones (excluding diaryl/α,β-unsaturated/α-hetero) is 1. The number of amides is 1. The van der Waals surface area contributed by atoms with Crippen molar-refractivity contribution in [2.24, 2.45) is 28.6 Å². The summed E-state index contributed by atoms with van der Waals surface area (Å²) in [6.07, 6.45) is 8.48. The first-order chi connectivity index (χ1) is 18.4. The standard InChI is InChI=1S/C30H41NO8/c1-28-12-9-19(32)16-18(28)5-6-20-21(28)10-13-29(2)22(20)11-14-30(29,38)24(33)17-39-26(35)8-7-25(34)31-15-3-4-23(31)27(36)37/h16,20-23,38H,3-15,17H2,1-2H3,(H,36,37)/t20-,21-,22-,23-,28+,29+,30+/m1/s1. The Morgan fingerprint density at radius 2 is 1.74 bits per heavy atom. The number of esters is 1. The minimum atomic E-state index is -1.57. The third-order valence-corrected chi connectivity index (χ3v) is 11.3. The number of likely N-dealkylation sites (tertiary alicyclic amines) is 1. The predicted molar refractivity (Wildman–Crippen MR) is 139 cm³/mol. The first kappa shape index (κ1) is 28.0. The Morgan fingerprint density at radius 3 is 2.49 bits per heavy atom. The highest BCUT2D eigenvalue weighted by atomic mass is 16.5. The molecule has 5 aliphatic rings. The van der Waals surface area contributed by atoms with Crippen LogP contribution in [0.25, 0.3) is 0 Å². The lowest BCUT2D eigenvalue weighted by molar-refractivity contribution is -0.170. The predicted octanol–water partition coefficient (Wildman–Crippen LogP) is 3.22. The van der Waals surface area contributed by atoms with Gasteiger partial charge in [-0.05, 0) is 87.0 Å². The smallest absolute Gasteiger partial charge is 0.326 e. The van der Waals surface area contributed by atoms with Crippen LogP contribution in [0.15, 0.2) is 11.6 Å². The normalized spacial score (nSPS) is 39.3. The van der Waals surface area contributed by atoms with Crippen molar-refractivity contribution in [1.29, 1.82) is 0 Å². The highest BCUT2D eigenvalue weighted by Gasteiger charge is 2.66. The van der Waals surface area contributed by atoms with Gasteiger partial charge in [0.25, 0.3) is 0 Å². The Balaban J connectivity index is 1.18. The highest BCUT2D eigenvalue weighted by Crippen LogP contribution is 2.67. The Labute approximate surface area is 229 Å². The number of carboxylic acid groups (broad SMARTS) is 1. The van der Waals surface area contributed by atoms with Crippen molar-refractivity contribution in [2.75, 3.05) is 13.2 Å². The number of ketones is 2. The number of ether oxygens (including phenoxy) is 1. The van der Waals surface area contributed by atoms with Gasteiger partial charge in [-0.1, -0.05) is 19.4 Å². The van der Waals surface area contributed by atoms with E-state index < -0.39 is 47.3 Å². The molecule has 0 spiro atoms. The maximum Gasteiger partial charge on any atom is 0.326 e. The molecule has 5 rings (SSSR count). The second-order valence-electron chi connectivity index (χ2n) is 13.0. The minimum absolute atomic E-state index is 0.00931. The molecule has 4 aliphatic carbocycles. The summed E-state index contributed by atoms with van der Waals surface area (Å²) in [6.45, 7) is 4.14. The number of nitrogens with zero attached hydrogens (tertiary/aromatic N) is 1. The van der Waals surface area contributed by atoms with Gasteiger partial charge in [-0.2, -0.15) is 0 Å². The van der Waals surface area contributed by atoms with Gasteiger partial charge in [0.05, 0.1) is 6.42 Å². The molecule has 1 saturated heterocycles. The number of aliphatic hydroxyl groups is 1. The molecule has 39 heavy (non-hydrogen) atoms. The largest absolute Gasteiger partial charge is 0.480 e. The maximum atomic E-state index is 13.4. The molecule has 0 aromatic carbocycles. The molecule has 0 aromatic rings. The zero-order valence-electron chi connectivity index (χ0n) is 23.1. The third-order valence-electron chi connectivity index (χ3n) is 11.3. The summed E-state index contributed by atoms with van der Waals surface area (Å²) in [7, 11) is 0. The number of rotatable bonds is 7. The van der Waals surface area contributed by atoms with Gasteiger partial charge in [0.1, 0.15) is 11.6 Å². The molecule has 0 aromatic heterocycles. The van der Waals surface area contributed by atoms with Crippen LogP contribution in [0, 0.1) is 28.6 Å². The summed E-state index contributed by atoms with van der Waals surface area (Å²) >= 11 is 0. The molecule has 9 heteroatoms. The number of aliphatic carboxylic acids is 1. The van der Waals surface area contributed by atoms with Crippen molar-refractivity contribution in [3.05, 3.63) is 11.6 Å². The molecular formula is C30H41NO8. The zero-order chi connectivity index (χ0) is 28.2. The van der Waals surface area contributed by atoms with Gasteiger partial charge in [-0.3, -0.25) is 19.2 Å². The summed E-state index contributed by atoms with van der Waals surface area (Å²) in [6, 6.07) is -0.856. The van der Waals surface area contributed by atoms with Gasteiger partial charge < -0.3 is 19.8 Å². The van der Waals surface area contributed by atoms with E-state index >= 15 is 0 Å². The monoisotopic (exact) mass is 543 g/mol. The van der Waals surface area contributed by atoms with Crippen LogP contribution in [-0.4, -0.2) is 69.3 Å². The zero-order valence-corrected chi connectivity index (χ0v) is 23.1. The fourth-order valence-electron chi connectivity index (χ4n) is 9.05. The van der Waals surface area contributed by atoms with E-state index in [1.54, 1.807) is 0 Å². The Morgan fingerprint density at radius 1 is 1.00 bits per heavy atom. The van der Waals surface area contributed by atoms with Crippen molar-refractivity contribution in [1.82, 2.24) is 4.90 Å². The molecule has 4 fully saturated rings. The molecule has 1 aliphatic heterocycles. The van der Waals surface area contributed by atoms with Gasteiger partial charge in [0.2, 0.25) is 11.7 Å². The lowest BCUT2D eigenvalue weighted by Crippen LogP contribution is -2.58. The van der Waals surface area contributed by atoms with E-state index in [9.17, 15) is 34.2 Å². The fourth-order valence-corrected chi connectivity index (χ4v) is 9.05. The molecule has 0 bridgehead atoms. The summed E-state index contributed by atoms with van der Waals surface area (Å²) in [4.78, 5) is 62.9. The average Bonchev–Trinajstić information content (AvgIpc) is 3.50. The average molecular weight is 544 g/mol. The topological polar surface area (TPSA) is 138 Å². The molecule has 3 saturated carbocycles. The van der Waals surface area contributed by atoms with E-state index in [0.29, 0.717) is 50.5 Å². The Kier molecular flexibility index (Phi) is 7.27. The molecule has 0 radical (unpaired) electrons. The van der Waals surface area contributed by atoms with Crippen LogP contribution < -0.4 is 0 Å². The first-order valence-corrected chi connectivity index (χ1v) is 14.6. The van der Waals surface area contributed by atoms with E-state index in [1.165, 1.54) is 10.5 Å². The third kappa shape index (κ3) is 4.54. The second kappa shape index (κ2) is 10.1. The molecule has 1 amide bonds. The van der Waals surface area contributed by atoms with Crippen LogP contribution in [0.2, 0.25) is 0 Å². The summed E-state index contributed by atoms with van der Waals surface area (Å²) in [5.74, 6) is -1.41. The van der Waals surface area contributed by atoms with Crippen LogP contribution >= 0.6 is 0 Å². The molecule has 0 unspecified atom stereocenters. The van der Waals surface area contributed by atoms with Crippen molar-refractivity contribution >= 4 is 29.4 Å².